The first-order chi connectivity index (χ1) is 24.0. The molecule has 0 bridgehead atoms. The number of carbonyl (C=O) groups excluding carboxylic acids is 3. The second-order valence-electron chi connectivity index (χ2n) is 10.8. The van der Waals surface area contributed by atoms with Gasteiger partial charge < -0.3 is 19.3 Å². The average Bonchev–Trinajstić information content (AvgIpc) is 3.11. The summed E-state index contributed by atoms with van der Waals surface area (Å²) in [5.41, 5.74) is -0.718. The van der Waals surface area contributed by atoms with Crippen molar-refractivity contribution in [2.75, 3.05) is 21.3 Å². The number of carboxylic acids is 1. The summed E-state index contributed by atoms with van der Waals surface area (Å²) in [7, 11) is 3.81. The maximum Gasteiger partial charge on any atom is 0.416 e. The molecule has 0 spiro atoms. The van der Waals surface area contributed by atoms with Gasteiger partial charge in [-0.25, -0.2) is 9.59 Å². The lowest BCUT2D eigenvalue weighted by molar-refractivity contribution is -0.139. The van der Waals surface area contributed by atoms with E-state index in [1.807, 2.05) is 0 Å². The Morgan fingerprint density at radius 1 is 0.549 bits per heavy atom. The SMILES string of the molecule is COC(=O)c1ccc(C(=O)CCc2ccc(OC)cc2C(F)(F)F)cc1.COc1ccc(CCC(=O)c2ccc(C(=O)O)cc2)c(C(F)(F)F)c1. The van der Waals surface area contributed by atoms with E-state index >= 15 is 0 Å². The molecule has 0 aromatic heterocycles. The number of aromatic carboxylic acids is 1. The fraction of sp³-hybridized carbons (Fsp3) is 0.243. The van der Waals surface area contributed by atoms with Gasteiger partial charge in [0.15, 0.2) is 11.6 Å². The molecule has 8 nitrogen and oxygen atoms in total. The Balaban J connectivity index is 0.000000276. The molecule has 0 fully saturated rings. The quantitative estimate of drug-likeness (QED) is 0.0881. The fourth-order valence-corrected chi connectivity index (χ4v) is 4.82. The van der Waals surface area contributed by atoms with Crippen molar-refractivity contribution in [2.24, 2.45) is 0 Å². The number of hydrogen-bond donors (Lipinski definition) is 1. The minimum Gasteiger partial charge on any atom is -0.497 e. The van der Waals surface area contributed by atoms with Crippen molar-refractivity contribution < 1.29 is 64.8 Å². The predicted molar refractivity (Wildman–Crippen MR) is 172 cm³/mol. The zero-order chi connectivity index (χ0) is 37.9. The Morgan fingerprint density at radius 2 is 0.902 bits per heavy atom. The van der Waals surface area contributed by atoms with E-state index in [0.29, 0.717) is 11.1 Å². The lowest BCUT2D eigenvalue weighted by Gasteiger charge is -2.14. The molecule has 0 amide bonds. The molecule has 0 saturated heterocycles. The highest BCUT2D eigenvalue weighted by molar-refractivity contribution is 5.98. The molecule has 0 heterocycles. The number of esters is 1. The number of rotatable bonds is 12. The van der Waals surface area contributed by atoms with Crippen LogP contribution in [0.3, 0.4) is 0 Å². The average molecular weight is 719 g/mol. The first-order valence-electron chi connectivity index (χ1n) is 15.0. The van der Waals surface area contributed by atoms with Gasteiger partial charge in [-0.2, -0.15) is 26.3 Å². The van der Waals surface area contributed by atoms with Crippen molar-refractivity contribution in [3.05, 3.63) is 129 Å². The zero-order valence-corrected chi connectivity index (χ0v) is 27.5. The molecule has 1 N–H and O–H groups in total. The van der Waals surface area contributed by atoms with Crippen LogP contribution in [0.4, 0.5) is 26.3 Å². The Morgan fingerprint density at radius 3 is 1.22 bits per heavy atom. The first kappa shape index (κ1) is 39.8. The molecule has 0 aliphatic heterocycles. The van der Waals surface area contributed by atoms with Crippen LogP contribution in [0.2, 0.25) is 0 Å². The highest BCUT2D eigenvalue weighted by Crippen LogP contribution is 2.36. The highest BCUT2D eigenvalue weighted by atomic mass is 19.4. The predicted octanol–water partition coefficient (Wildman–Crippen LogP) is 8.54. The molecule has 0 aliphatic carbocycles. The third kappa shape index (κ3) is 11.2. The van der Waals surface area contributed by atoms with E-state index in [0.717, 1.165) is 12.1 Å². The maximum atomic E-state index is 13.2. The summed E-state index contributed by atoms with van der Waals surface area (Å²) >= 11 is 0. The fourth-order valence-electron chi connectivity index (χ4n) is 4.82. The van der Waals surface area contributed by atoms with Gasteiger partial charge in [0, 0.05) is 24.0 Å². The lowest BCUT2D eigenvalue weighted by atomic mass is 9.98. The van der Waals surface area contributed by atoms with E-state index in [1.54, 1.807) is 0 Å². The van der Waals surface area contributed by atoms with E-state index in [9.17, 15) is 45.5 Å². The topological polar surface area (TPSA) is 116 Å². The molecular formula is C37H32F6O8. The third-order valence-electron chi connectivity index (χ3n) is 7.57. The number of halogens is 6. The van der Waals surface area contributed by atoms with Crippen LogP contribution in [0.25, 0.3) is 0 Å². The summed E-state index contributed by atoms with van der Waals surface area (Å²) < 4.78 is 93.2. The molecule has 0 aliphatic rings. The standard InChI is InChI=1S/C19H17F3O4.C18H15F3O4/c1-25-15-9-7-12(16(11-15)19(20,21)22)8-10-17(23)13-3-5-14(6-4-13)18(24)26-2;1-25-14-8-6-11(15(10-14)18(19,20)21)7-9-16(22)12-2-4-13(5-3-12)17(23)24/h3-7,9,11H,8,10H2,1-2H3;2-6,8,10H,7,9H2,1H3,(H,23,24). The molecule has 0 atom stereocenters. The summed E-state index contributed by atoms with van der Waals surface area (Å²) in [6, 6.07) is 18.3. The van der Waals surface area contributed by atoms with Gasteiger partial charge in [0.2, 0.25) is 0 Å². The Hall–Kier alpha value is -5.66. The first-order valence-corrected chi connectivity index (χ1v) is 15.0. The van der Waals surface area contributed by atoms with E-state index in [4.69, 9.17) is 14.6 Å². The molecular weight excluding hydrogens is 686 g/mol. The van der Waals surface area contributed by atoms with E-state index in [-0.39, 0.29) is 71.0 Å². The zero-order valence-electron chi connectivity index (χ0n) is 27.5. The highest BCUT2D eigenvalue weighted by Gasteiger charge is 2.34. The van der Waals surface area contributed by atoms with Crippen molar-refractivity contribution >= 4 is 23.5 Å². The molecule has 0 radical (unpaired) electrons. The molecule has 51 heavy (non-hydrogen) atoms. The number of Topliss-reactive ketones (excluding diaryl/α,β-unsaturated/α-hetero) is 2. The van der Waals surface area contributed by atoms with Crippen molar-refractivity contribution in [3.8, 4) is 11.5 Å². The second-order valence-corrected chi connectivity index (χ2v) is 10.8. The van der Waals surface area contributed by atoms with Gasteiger partial charge in [0.25, 0.3) is 0 Å². The normalized spacial score (nSPS) is 11.2. The molecule has 0 unspecified atom stereocenters. The summed E-state index contributed by atoms with van der Waals surface area (Å²) in [4.78, 5) is 46.5. The number of alkyl halides is 6. The van der Waals surface area contributed by atoms with Gasteiger partial charge in [-0.15, -0.1) is 0 Å². The van der Waals surface area contributed by atoms with Gasteiger partial charge in [-0.1, -0.05) is 36.4 Å². The summed E-state index contributed by atoms with van der Waals surface area (Å²) in [6.45, 7) is 0. The second kappa shape index (κ2) is 17.3. The monoisotopic (exact) mass is 718 g/mol. The lowest BCUT2D eigenvalue weighted by Crippen LogP contribution is -2.11. The van der Waals surface area contributed by atoms with Crippen LogP contribution >= 0.6 is 0 Å². The van der Waals surface area contributed by atoms with Crippen LogP contribution in [0, 0.1) is 0 Å². The molecule has 4 aromatic rings. The molecule has 270 valence electrons. The van der Waals surface area contributed by atoms with Crippen LogP contribution in [0.1, 0.15) is 76.5 Å². The number of carboxylic acid groups (broad SMARTS) is 1. The van der Waals surface area contributed by atoms with Crippen LogP contribution in [-0.2, 0) is 29.9 Å². The van der Waals surface area contributed by atoms with E-state index < -0.39 is 35.4 Å². The van der Waals surface area contributed by atoms with Crippen LogP contribution in [-0.4, -0.2) is 49.9 Å². The smallest absolute Gasteiger partial charge is 0.416 e. The minimum absolute atomic E-state index is 0.00352. The number of ether oxygens (including phenoxy) is 3. The Labute approximate surface area is 288 Å². The number of hydrogen-bond acceptors (Lipinski definition) is 7. The summed E-state index contributed by atoms with van der Waals surface area (Å²) in [5, 5.41) is 8.81. The molecule has 14 heteroatoms. The number of benzene rings is 4. The Kier molecular flexibility index (Phi) is 13.5. The van der Waals surface area contributed by atoms with Crippen molar-refractivity contribution in [1.82, 2.24) is 0 Å². The van der Waals surface area contributed by atoms with Crippen LogP contribution in [0.15, 0.2) is 84.9 Å². The summed E-state index contributed by atoms with van der Waals surface area (Å²) in [5.74, 6) is -2.13. The van der Waals surface area contributed by atoms with E-state index in [2.05, 4.69) is 4.74 Å². The number of aryl methyl sites for hydroxylation is 2. The molecule has 0 saturated carbocycles. The maximum absolute atomic E-state index is 13.2. The van der Waals surface area contributed by atoms with Crippen molar-refractivity contribution in [3.63, 3.8) is 0 Å². The number of methoxy groups -OCH3 is 3. The van der Waals surface area contributed by atoms with Crippen molar-refractivity contribution in [1.29, 1.82) is 0 Å². The third-order valence-corrected chi connectivity index (χ3v) is 7.57. The number of carbonyl (C=O) groups is 4. The van der Waals surface area contributed by atoms with Gasteiger partial charge in [0.05, 0.1) is 43.6 Å². The van der Waals surface area contributed by atoms with Gasteiger partial charge >= 0.3 is 24.3 Å². The van der Waals surface area contributed by atoms with Crippen molar-refractivity contribution in [2.45, 2.75) is 38.0 Å². The largest absolute Gasteiger partial charge is 0.497 e. The van der Waals surface area contributed by atoms with Gasteiger partial charge in [0.1, 0.15) is 11.5 Å². The molecule has 4 aromatic carbocycles. The number of ketones is 2. The van der Waals surface area contributed by atoms with Crippen LogP contribution in [0.5, 0.6) is 11.5 Å². The van der Waals surface area contributed by atoms with Gasteiger partial charge in [-0.05, 0) is 72.5 Å². The van der Waals surface area contributed by atoms with Crippen LogP contribution < -0.4 is 9.47 Å². The van der Waals surface area contributed by atoms with E-state index in [1.165, 1.54) is 94.1 Å². The minimum atomic E-state index is -4.55. The Bertz CT molecular complexity index is 1850. The summed E-state index contributed by atoms with van der Waals surface area (Å²) in [6.07, 6.45) is -9.44. The molecule has 4 rings (SSSR count). The van der Waals surface area contributed by atoms with Gasteiger partial charge in [-0.3, -0.25) is 9.59 Å².